The van der Waals surface area contributed by atoms with Gasteiger partial charge in [-0.25, -0.2) is 9.67 Å². The number of imidazole rings is 1. The van der Waals surface area contributed by atoms with Gasteiger partial charge in [0.1, 0.15) is 11.3 Å². The summed E-state index contributed by atoms with van der Waals surface area (Å²) in [5.74, 6) is -0.325. The Hall–Kier alpha value is -3.63. The summed E-state index contributed by atoms with van der Waals surface area (Å²) in [6.45, 7) is 4.21. The van der Waals surface area contributed by atoms with Gasteiger partial charge in [0.2, 0.25) is 0 Å². The number of benzene rings is 1. The Bertz CT molecular complexity index is 1350. The number of nitrogens with one attached hydrogen (secondary N) is 2. The van der Waals surface area contributed by atoms with Gasteiger partial charge in [0.15, 0.2) is 0 Å². The fourth-order valence-corrected chi connectivity index (χ4v) is 4.38. The minimum atomic E-state index is -0.349. The number of hydrogen-bond donors (Lipinski definition) is 3. The average molecular weight is 507 g/mol. The van der Waals surface area contributed by atoms with Crippen molar-refractivity contribution in [2.75, 3.05) is 12.9 Å². The highest BCUT2D eigenvalue weighted by Crippen LogP contribution is 2.17. The van der Waals surface area contributed by atoms with E-state index in [0.29, 0.717) is 35.8 Å². The molecule has 2 amide bonds. The standard InChI is InChI=1S/C26H30N6O3S/c1-17(2)11-19(16-33)30-26(35)23-14-27-24-22(5-4-10-31(23)24)25(34)28-12-18-13-29-32(15-18)20-6-8-21(36-3)9-7-20/h4-10,13-15,17,19,33H,11-12,16H2,1-3H3,(H,28,34)(H,30,35). The van der Waals surface area contributed by atoms with Crippen molar-refractivity contribution in [3.05, 3.63) is 78.0 Å². The lowest BCUT2D eigenvalue weighted by molar-refractivity contribution is 0.0900. The molecule has 4 aromatic rings. The number of hydrogen-bond acceptors (Lipinski definition) is 6. The normalized spacial score (nSPS) is 12.1. The number of carbonyl (C=O) groups is 2. The number of pyridine rings is 1. The number of aromatic nitrogens is 4. The monoisotopic (exact) mass is 506 g/mol. The molecule has 0 fully saturated rings. The predicted octanol–water partition coefficient (Wildman–Crippen LogP) is 3.31. The van der Waals surface area contributed by atoms with Crippen LogP contribution in [0.15, 0.2) is 66.1 Å². The van der Waals surface area contributed by atoms with Crippen molar-refractivity contribution >= 4 is 29.2 Å². The van der Waals surface area contributed by atoms with Crippen molar-refractivity contribution in [2.24, 2.45) is 5.92 Å². The number of aliphatic hydroxyl groups is 1. The van der Waals surface area contributed by atoms with Crippen LogP contribution >= 0.6 is 11.8 Å². The Balaban J connectivity index is 1.44. The maximum atomic E-state index is 13.0. The van der Waals surface area contributed by atoms with Crippen LogP contribution in [0.1, 0.15) is 46.7 Å². The number of rotatable bonds is 10. The van der Waals surface area contributed by atoms with Crippen LogP contribution in [0.3, 0.4) is 0 Å². The molecule has 0 aliphatic carbocycles. The summed E-state index contributed by atoms with van der Waals surface area (Å²) in [4.78, 5) is 31.3. The molecule has 9 nitrogen and oxygen atoms in total. The fourth-order valence-electron chi connectivity index (χ4n) is 3.97. The second-order valence-corrected chi connectivity index (χ2v) is 9.79. The van der Waals surface area contributed by atoms with Crippen LogP contribution in [-0.2, 0) is 6.54 Å². The number of fused-ring (bicyclic) bond motifs is 1. The zero-order valence-electron chi connectivity index (χ0n) is 20.5. The lowest BCUT2D eigenvalue weighted by Crippen LogP contribution is -2.38. The Kier molecular flexibility index (Phi) is 8.07. The molecule has 3 heterocycles. The van der Waals surface area contributed by atoms with E-state index in [4.69, 9.17) is 0 Å². The Morgan fingerprint density at radius 1 is 1.11 bits per heavy atom. The van der Waals surface area contributed by atoms with Gasteiger partial charge in [0.05, 0.1) is 36.3 Å². The Labute approximate surface area is 213 Å². The molecular formula is C26H30N6O3S. The van der Waals surface area contributed by atoms with E-state index in [1.165, 1.54) is 11.1 Å². The molecule has 4 rings (SSSR count). The molecule has 0 radical (unpaired) electrons. The number of aliphatic hydroxyl groups excluding tert-OH is 1. The first-order valence-corrected chi connectivity index (χ1v) is 13.0. The first-order valence-electron chi connectivity index (χ1n) is 11.7. The molecule has 0 spiro atoms. The molecule has 1 unspecified atom stereocenters. The second kappa shape index (κ2) is 11.4. The topological polar surface area (TPSA) is 114 Å². The zero-order valence-corrected chi connectivity index (χ0v) is 21.3. The Morgan fingerprint density at radius 3 is 2.58 bits per heavy atom. The molecule has 188 valence electrons. The predicted molar refractivity (Wildman–Crippen MR) is 140 cm³/mol. The van der Waals surface area contributed by atoms with Gasteiger partial charge in [0, 0.05) is 29.4 Å². The van der Waals surface area contributed by atoms with E-state index >= 15 is 0 Å². The van der Waals surface area contributed by atoms with Gasteiger partial charge in [-0.2, -0.15) is 5.10 Å². The molecule has 0 bridgehead atoms. The lowest BCUT2D eigenvalue weighted by atomic mass is 10.0. The maximum Gasteiger partial charge on any atom is 0.270 e. The molecule has 0 saturated heterocycles. The molecular weight excluding hydrogens is 476 g/mol. The average Bonchev–Trinajstić information content (AvgIpc) is 3.54. The first kappa shape index (κ1) is 25.5. The van der Waals surface area contributed by atoms with E-state index < -0.39 is 0 Å². The maximum absolute atomic E-state index is 13.0. The van der Waals surface area contributed by atoms with E-state index in [0.717, 1.165) is 11.3 Å². The number of thioether (sulfide) groups is 1. The van der Waals surface area contributed by atoms with Crippen LogP contribution in [0.25, 0.3) is 11.3 Å². The lowest BCUT2D eigenvalue weighted by Gasteiger charge is -2.18. The summed E-state index contributed by atoms with van der Waals surface area (Å²) < 4.78 is 3.36. The van der Waals surface area contributed by atoms with Crippen molar-refractivity contribution < 1.29 is 14.7 Å². The smallest absolute Gasteiger partial charge is 0.270 e. The largest absolute Gasteiger partial charge is 0.394 e. The third kappa shape index (κ3) is 5.77. The van der Waals surface area contributed by atoms with E-state index in [-0.39, 0.29) is 24.5 Å². The van der Waals surface area contributed by atoms with Crippen LogP contribution in [0, 0.1) is 5.92 Å². The summed E-state index contributed by atoms with van der Waals surface area (Å²) >= 11 is 1.68. The van der Waals surface area contributed by atoms with Crippen LogP contribution in [0.4, 0.5) is 0 Å². The molecule has 0 aliphatic rings. The van der Waals surface area contributed by atoms with Crippen molar-refractivity contribution in [3.63, 3.8) is 0 Å². The van der Waals surface area contributed by atoms with Gasteiger partial charge in [-0.1, -0.05) is 13.8 Å². The summed E-state index contributed by atoms with van der Waals surface area (Å²) in [5, 5.41) is 19.7. The molecule has 0 saturated carbocycles. The SMILES string of the molecule is CSc1ccc(-n2cc(CNC(=O)c3cccn4c(C(=O)NC(CO)CC(C)C)cnc34)cn2)cc1. The van der Waals surface area contributed by atoms with Crippen LogP contribution in [-0.4, -0.2) is 55.0 Å². The number of carbonyl (C=O) groups excluding carboxylic acids is 2. The minimum Gasteiger partial charge on any atom is -0.394 e. The van der Waals surface area contributed by atoms with E-state index in [2.05, 4.69) is 20.7 Å². The highest BCUT2D eigenvalue weighted by Gasteiger charge is 2.20. The molecule has 10 heteroatoms. The molecule has 0 aliphatic heterocycles. The van der Waals surface area contributed by atoms with Gasteiger partial charge in [0.25, 0.3) is 11.8 Å². The van der Waals surface area contributed by atoms with Crippen molar-refractivity contribution in [1.82, 2.24) is 29.8 Å². The molecule has 1 atom stereocenters. The third-order valence-electron chi connectivity index (χ3n) is 5.75. The van der Waals surface area contributed by atoms with E-state index in [1.54, 1.807) is 45.4 Å². The quantitative estimate of drug-likeness (QED) is 0.285. The summed E-state index contributed by atoms with van der Waals surface area (Å²) in [7, 11) is 0. The van der Waals surface area contributed by atoms with Crippen molar-refractivity contribution in [2.45, 2.75) is 37.8 Å². The highest BCUT2D eigenvalue weighted by atomic mass is 32.2. The van der Waals surface area contributed by atoms with Gasteiger partial charge in [-0.15, -0.1) is 11.8 Å². The molecule has 3 aromatic heterocycles. The van der Waals surface area contributed by atoms with Crippen LogP contribution in [0.5, 0.6) is 0 Å². The number of nitrogens with zero attached hydrogens (tertiary/aromatic N) is 4. The van der Waals surface area contributed by atoms with Crippen LogP contribution in [0.2, 0.25) is 0 Å². The number of amides is 2. The summed E-state index contributed by atoms with van der Waals surface area (Å²) in [6, 6.07) is 11.1. The van der Waals surface area contributed by atoms with E-state index in [9.17, 15) is 14.7 Å². The van der Waals surface area contributed by atoms with Gasteiger partial charge in [-0.05, 0) is 55.0 Å². The second-order valence-electron chi connectivity index (χ2n) is 8.92. The summed E-state index contributed by atoms with van der Waals surface area (Å²) in [5.41, 5.74) is 2.84. The highest BCUT2D eigenvalue weighted by molar-refractivity contribution is 7.98. The zero-order chi connectivity index (χ0) is 25.7. The van der Waals surface area contributed by atoms with E-state index in [1.807, 2.05) is 50.6 Å². The van der Waals surface area contributed by atoms with Gasteiger partial charge < -0.3 is 15.7 Å². The third-order valence-corrected chi connectivity index (χ3v) is 6.49. The van der Waals surface area contributed by atoms with Gasteiger partial charge >= 0.3 is 0 Å². The first-order chi connectivity index (χ1) is 17.4. The summed E-state index contributed by atoms with van der Waals surface area (Å²) in [6.07, 6.45) is 9.42. The molecule has 3 N–H and O–H groups in total. The Morgan fingerprint density at radius 2 is 1.89 bits per heavy atom. The molecule has 36 heavy (non-hydrogen) atoms. The van der Waals surface area contributed by atoms with Crippen LogP contribution < -0.4 is 10.6 Å². The van der Waals surface area contributed by atoms with Gasteiger partial charge in [-0.3, -0.25) is 14.0 Å². The van der Waals surface area contributed by atoms with Crippen molar-refractivity contribution in [3.8, 4) is 5.69 Å². The fraction of sp³-hybridized carbons (Fsp3) is 0.308. The minimum absolute atomic E-state index is 0.145. The molecule has 1 aromatic carbocycles. The van der Waals surface area contributed by atoms with Crippen molar-refractivity contribution in [1.29, 1.82) is 0 Å².